The van der Waals surface area contributed by atoms with Gasteiger partial charge in [-0.1, -0.05) is 36.4 Å². The Kier molecular flexibility index (Phi) is 13.4. The highest BCUT2D eigenvalue weighted by Gasteiger charge is 2.28. The van der Waals surface area contributed by atoms with E-state index in [2.05, 4.69) is 15.8 Å². The first-order chi connectivity index (χ1) is 31.0. The molecule has 4 aromatic carbocycles. The van der Waals surface area contributed by atoms with Crippen molar-refractivity contribution in [1.82, 2.24) is 25.7 Å². The minimum atomic E-state index is -0.444. The number of hydrazine groups is 2. The number of amidine groups is 2. The van der Waals surface area contributed by atoms with Crippen LogP contribution in [0.1, 0.15) is 77.3 Å². The Labute approximate surface area is 373 Å². The Bertz CT molecular complexity index is 2560. The highest BCUT2D eigenvalue weighted by molar-refractivity contribution is 6.05. The number of esters is 2. The molecular weight excluding hydrogens is 809 g/mol. The normalized spacial score (nSPS) is 16.9. The maximum atomic E-state index is 13.6. The number of fused-ring (bicyclic) bond motifs is 2. The summed E-state index contributed by atoms with van der Waals surface area (Å²) >= 11 is 0. The first-order valence-corrected chi connectivity index (χ1v) is 21.9. The van der Waals surface area contributed by atoms with Gasteiger partial charge in [0.1, 0.15) is 11.7 Å². The zero-order chi connectivity index (χ0) is 44.7. The van der Waals surface area contributed by atoms with Crippen LogP contribution in [0.4, 0.5) is 11.4 Å². The molecular formula is C50H54N8O6. The third kappa shape index (κ3) is 10.1. The van der Waals surface area contributed by atoms with Crippen LogP contribution in [-0.4, -0.2) is 104 Å². The minimum Gasteiger partial charge on any atom is -0.463 e. The molecule has 2 fully saturated rings. The molecule has 1 unspecified atom stereocenters. The van der Waals surface area contributed by atoms with Gasteiger partial charge in [-0.05, 0) is 121 Å². The van der Waals surface area contributed by atoms with Crippen LogP contribution >= 0.6 is 0 Å². The maximum absolute atomic E-state index is 13.6. The average molecular weight is 863 g/mol. The van der Waals surface area contributed by atoms with E-state index in [0.29, 0.717) is 65.6 Å². The van der Waals surface area contributed by atoms with Crippen LogP contribution in [0.3, 0.4) is 0 Å². The molecule has 0 saturated carbocycles. The van der Waals surface area contributed by atoms with Crippen LogP contribution in [0.5, 0.6) is 0 Å². The summed E-state index contributed by atoms with van der Waals surface area (Å²) in [5.41, 5.74) is 14.7. The number of hydrogen-bond acceptors (Lipinski definition) is 12. The molecule has 64 heavy (non-hydrogen) atoms. The summed E-state index contributed by atoms with van der Waals surface area (Å²) in [5, 5.41) is 1.78. The molecule has 0 bridgehead atoms. The fourth-order valence-corrected chi connectivity index (χ4v) is 8.56. The molecule has 4 N–H and O–H groups in total. The van der Waals surface area contributed by atoms with Crippen molar-refractivity contribution in [2.45, 2.75) is 45.4 Å². The van der Waals surface area contributed by atoms with Crippen molar-refractivity contribution in [3.63, 3.8) is 0 Å². The fraction of sp³-hybridized carbons (Fsp3) is 0.320. The van der Waals surface area contributed by atoms with Crippen LogP contribution in [0.2, 0.25) is 0 Å². The third-order valence-electron chi connectivity index (χ3n) is 11.9. The van der Waals surface area contributed by atoms with E-state index >= 15 is 0 Å². The summed E-state index contributed by atoms with van der Waals surface area (Å²) in [6.45, 7) is 5.07. The van der Waals surface area contributed by atoms with Crippen molar-refractivity contribution in [2.24, 2.45) is 21.7 Å². The SMILES string of the molecule is CCOC(=O)C1=Cc2cc(-c3ccc(C(=O)N4CCC(CCOC(=O)C5=Cc6cc(-c7ccc(C(=O)N8CCCC8)cc7)ccc6N=C(NN)C5)C4)cc3)ccc2N=C(NN(C)C)C1. The second-order valence-electron chi connectivity index (χ2n) is 16.7. The molecule has 0 aliphatic carbocycles. The molecule has 2 saturated heterocycles. The lowest BCUT2D eigenvalue weighted by Crippen LogP contribution is -2.36. The van der Waals surface area contributed by atoms with Gasteiger partial charge in [0.2, 0.25) is 0 Å². The van der Waals surface area contributed by atoms with Crippen molar-refractivity contribution in [3.05, 3.63) is 118 Å². The predicted octanol–water partition coefficient (Wildman–Crippen LogP) is 7.08. The second kappa shape index (κ2) is 19.7. The molecule has 4 aromatic rings. The summed E-state index contributed by atoms with van der Waals surface area (Å²) in [6, 6.07) is 26.9. The number of likely N-dealkylation sites (tertiary alicyclic amines) is 2. The standard InChI is InChI=1S/C50H54N8O6/c1-4-63-49(61)42-28-40-26-38(16-18-44(40)53-46(30-42)55-56(2)3)34-9-13-36(14-10-34)48(60)58-23-19-32(31-58)20-24-64-50(62)41-27-39-25-37(15-17-43(39)52-45(29-41)54-51)33-7-11-35(12-8-33)47(59)57-21-5-6-22-57/h7-18,25-28,32H,4-6,19-24,29-31,51H2,1-3H3,(H,52,54)(H,53,55). The summed E-state index contributed by atoms with van der Waals surface area (Å²) in [6.07, 6.45) is 7.65. The monoisotopic (exact) mass is 862 g/mol. The van der Waals surface area contributed by atoms with Crippen molar-refractivity contribution in [2.75, 3.05) is 53.5 Å². The zero-order valence-electron chi connectivity index (χ0n) is 36.6. The number of carbonyl (C=O) groups is 4. The molecule has 0 radical (unpaired) electrons. The number of carbonyl (C=O) groups excluding carboxylic acids is 4. The second-order valence-corrected chi connectivity index (χ2v) is 16.7. The molecule has 4 aliphatic heterocycles. The van der Waals surface area contributed by atoms with E-state index in [1.165, 1.54) is 0 Å². The van der Waals surface area contributed by atoms with Crippen LogP contribution in [0.15, 0.2) is 106 Å². The fourth-order valence-electron chi connectivity index (χ4n) is 8.56. The Hall–Kier alpha value is -6.90. The van der Waals surface area contributed by atoms with Gasteiger partial charge in [-0.25, -0.2) is 30.4 Å². The highest BCUT2D eigenvalue weighted by Crippen LogP contribution is 2.34. The molecule has 0 aromatic heterocycles. The summed E-state index contributed by atoms with van der Waals surface area (Å²) in [5.74, 6) is 6.27. The Morgan fingerprint density at radius 2 is 1.20 bits per heavy atom. The number of amides is 2. The smallest absolute Gasteiger partial charge is 0.334 e. The molecule has 0 spiro atoms. The molecule has 14 nitrogen and oxygen atoms in total. The van der Waals surface area contributed by atoms with Crippen molar-refractivity contribution >= 4 is 59.0 Å². The quantitative estimate of drug-likeness (QED) is 0.0805. The third-order valence-corrected chi connectivity index (χ3v) is 11.9. The van der Waals surface area contributed by atoms with Crippen LogP contribution in [0, 0.1) is 5.92 Å². The highest BCUT2D eigenvalue weighted by atomic mass is 16.5. The number of nitrogens with one attached hydrogen (secondary N) is 2. The van der Waals surface area contributed by atoms with E-state index in [1.807, 2.05) is 121 Å². The van der Waals surface area contributed by atoms with Crippen LogP contribution in [0.25, 0.3) is 34.4 Å². The molecule has 2 amide bonds. The Balaban J connectivity index is 0.868. The van der Waals surface area contributed by atoms with E-state index < -0.39 is 5.97 Å². The lowest BCUT2D eigenvalue weighted by Gasteiger charge is -2.17. The Morgan fingerprint density at radius 3 is 1.75 bits per heavy atom. The van der Waals surface area contributed by atoms with Gasteiger partial charge in [-0.2, -0.15) is 0 Å². The van der Waals surface area contributed by atoms with E-state index in [4.69, 9.17) is 20.3 Å². The summed E-state index contributed by atoms with van der Waals surface area (Å²) in [7, 11) is 3.73. The average Bonchev–Trinajstić information content (AvgIpc) is 3.94. The maximum Gasteiger partial charge on any atom is 0.334 e. The van der Waals surface area contributed by atoms with Crippen LogP contribution < -0.4 is 16.7 Å². The summed E-state index contributed by atoms with van der Waals surface area (Å²) in [4.78, 5) is 66.0. The topological polar surface area (TPSA) is 171 Å². The van der Waals surface area contributed by atoms with Crippen LogP contribution in [-0.2, 0) is 19.1 Å². The lowest BCUT2D eigenvalue weighted by atomic mass is 9.99. The first-order valence-electron chi connectivity index (χ1n) is 21.9. The van der Waals surface area contributed by atoms with Gasteiger partial charge in [-0.15, -0.1) is 0 Å². The number of benzene rings is 4. The summed E-state index contributed by atoms with van der Waals surface area (Å²) < 4.78 is 11.1. The molecule has 330 valence electrons. The number of hydrogen-bond donors (Lipinski definition) is 3. The van der Waals surface area contributed by atoms with Gasteiger partial charge in [0.15, 0.2) is 0 Å². The van der Waals surface area contributed by atoms with Crippen molar-refractivity contribution < 1.29 is 28.7 Å². The van der Waals surface area contributed by atoms with Gasteiger partial charge in [0, 0.05) is 86.5 Å². The lowest BCUT2D eigenvalue weighted by molar-refractivity contribution is -0.139. The van der Waals surface area contributed by atoms with Gasteiger partial charge in [-0.3, -0.25) is 9.59 Å². The minimum absolute atomic E-state index is 0.0421. The van der Waals surface area contributed by atoms with E-state index in [0.717, 1.165) is 71.4 Å². The molecule has 4 heterocycles. The van der Waals surface area contributed by atoms with Crippen molar-refractivity contribution in [3.8, 4) is 22.3 Å². The molecule has 1 atom stereocenters. The van der Waals surface area contributed by atoms with Crippen molar-refractivity contribution in [1.29, 1.82) is 0 Å². The number of nitrogens with zero attached hydrogens (tertiary/aromatic N) is 5. The van der Waals surface area contributed by atoms with E-state index in [1.54, 1.807) is 11.9 Å². The van der Waals surface area contributed by atoms with Gasteiger partial charge in [0.05, 0.1) is 24.6 Å². The van der Waals surface area contributed by atoms with E-state index in [-0.39, 0.29) is 43.3 Å². The van der Waals surface area contributed by atoms with Gasteiger partial charge >= 0.3 is 11.9 Å². The number of ether oxygens (including phenoxy) is 2. The number of nitrogens with two attached hydrogens (primary N) is 1. The Morgan fingerprint density at radius 1 is 0.688 bits per heavy atom. The number of rotatable bonds is 11. The first kappa shape index (κ1) is 43.7. The molecule has 14 heteroatoms. The van der Waals surface area contributed by atoms with Gasteiger partial charge < -0.3 is 30.1 Å². The van der Waals surface area contributed by atoms with Gasteiger partial charge in [0.25, 0.3) is 11.8 Å². The predicted molar refractivity (Wildman–Crippen MR) is 249 cm³/mol. The van der Waals surface area contributed by atoms with E-state index in [9.17, 15) is 19.2 Å². The molecule has 4 aliphatic rings. The zero-order valence-corrected chi connectivity index (χ0v) is 36.6. The largest absolute Gasteiger partial charge is 0.463 e. The molecule has 8 rings (SSSR count). The number of aliphatic imine (C=N–C) groups is 2.